The van der Waals surface area contributed by atoms with Crippen molar-refractivity contribution in [1.82, 2.24) is 4.90 Å². The molecule has 0 atom stereocenters. The van der Waals surface area contributed by atoms with Crippen molar-refractivity contribution in [1.29, 1.82) is 0 Å². The van der Waals surface area contributed by atoms with E-state index in [-0.39, 0.29) is 5.91 Å². The molecular weight excluding hydrogens is 164 g/mol. The van der Waals surface area contributed by atoms with Crippen molar-refractivity contribution in [3.05, 3.63) is 29.3 Å². The van der Waals surface area contributed by atoms with E-state index in [0.29, 0.717) is 11.3 Å². The molecule has 1 saturated heterocycles. The molecule has 1 fully saturated rings. The van der Waals surface area contributed by atoms with E-state index in [9.17, 15) is 4.79 Å². The third-order valence-electron chi connectivity index (χ3n) is 2.26. The van der Waals surface area contributed by atoms with Crippen LogP contribution in [0.4, 0.5) is 5.69 Å². The Morgan fingerprint density at radius 3 is 2.69 bits per heavy atom. The molecule has 1 aliphatic rings. The molecule has 0 radical (unpaired) electrons. The lowest BCUT2D eigenvalue weighted by molar-refractivity contribution is 0.0885. The number of nitrogens with zero attached hydrogens (tertiary/aromatic N) is 1. The summed E-state index contributed by atoms with van der Waals surface area (Å²) < 4.78 is 0. The highest BCUT2D eigenvalue weighted by molar-refractivity contribution is 5.96. The molecular formula is C10H12N2O. The normalized spacial score (nSPS) is 14.4. The molecule has 1 heterocycles. The highest BCUT2D eigenvalue weighted by Crippen LogP contribution is 2.17. The molecule has 13 heavy (non-hydrogen) atoms. The minimum atomic E-state index is 0.0895. The summed E-state index contributed by atoms with van der Waals surface area (Å²) in [6.45, 7) is 3.69. The molecule has 1 aromatic rings. The van der Waals surface area contributed by atoms with Gasteiger partial charge in [0.2, 0.25) is 0 Å². The van der Waals surface area contributed by atoms with E-state index in [1.807, 2.05) is 19.1 Å². The number of nitrogen functional groups attached to an aromatic ring is 1. The van der Waals surface area contributed by atoms with E-state index >= 15 is 0 Å². The third-order valence-corrected chi connectivity index (χ3v) is 2.26. The summed E-state index contributed by atoms with van der Waals surface area (Å²) in [7, 11) is 0. The van der Waals surface area contributed by atoms with Crippen LogP contribution in [-0.2, 0) is 0 Å². The third kappa shape index (κ3) is 1.49. The van der Waals surface area contributed by atoms with Gasteiger partial charge >= 0.3 is 0 Å². The molecule has 3 heteroatoms. The number of benzene rings is 1. The van der Waals surface area contributed by atoms with Crippen molar-refractivity contribution in [2.24, 2.45) is 0 Å². The molecule has 0 bridgehead atoms. The average Bonchev–Trinajstić information content (AvgIpc) is 2.91. The zero-order valence-corrected chi connectivity index (χ0v) is 7.58. The fourth-order valence-corrected chi connectivity index (χ4v) is 1.21. The molecule has 68 valence electrons. The maximum atomic E-state index is 11.5. The van der Waals surface area contributed by atoms with E-state index in [0.717, 1.165) is 18.7 Å². The lowest BCUT2D eigenvalue weighted by Crippen LogP contribution is -2.10. The molecule has 1 aromatic carbocycles. The molecule has 0 aromatic heterocycles. The van der Waals surface area contributed by atoms with Crippen LogP contribution in [-0.4, -0.2) is 23.9 Å². The molecule has 0 unspecified atom stereocenters. The number of carbonyl (C=O) groups excluding carboxylic acids is 1. The zero-order chi connectivity index (χ0) is 9.42. The number of anilines is 1. The SMILES string of the molecule is Cc1ccc(C(=O)N2CC2)cc1N. The van der Waals surface area contributed by atoms with Gasteiger partial charge in [0, 0.05) is 24.3 Å². The molecule has 1 aliphatic heterocycles. The van der Waals surface area contributed by atoms with Gasteiger partial charge in [-0.15, -0.1) is 0 Å². The largest absolute Gasteiger partial charge is 0.398 e. The van der Waals surface area contributed by atoms with Crippen LogP contribution in [0.5, 0.6) is 0 Å². The number of hydrogen-bond acceptors (Lipinski definition) is 2. The standard InChI is InChI=1S/C10H12N2O/c1-7-2-3-8(6-9(7)11)10(13)12-4-5-12/h2-3,6H,4-5,11H2,1H3. The van der Waals surface area contributed by atoms with Gasteiger partial charge in [-0.3, -0.25) is 4.79 Å². The quantitative estimate of drug-likeness (QED) is 0.513. The van der Waals surface area contributed by atoms with Crippen molar-refractivity contribution >= 4 is 11.6 Å². The number of rotatable bonds is 1. The van der Waals surface area contributed by atoms with Gasteiger partial charge in [-0.25, -0.2) is 0 Å². The Balaban J connectivity index is 2.30. The summed E-state index contributed by atoms with van der Waals surface area (Å²) in [5, 5.41) is 0. The highest BCUT2D eigenvalue weighted by atomic mass is 16.2. The first kappa shape index (κ1) is 8.10. The van der Waals surface area contributed by atoms with Crippen molar-refractivity contribution in [2.75, 3.05) is 18.8 Å². The van der Waals surface area contributed by atoms with Gasteiger partial charge in [0.15, 0.2) is 0 Å². The van der Waals surface area contributed by atoms with Gasteiger partial charge in [0.1, 0.15) is 0 Å². The van der Waals surface area contributed by atoms with E-state index in [2.05, 4.69) is 0 Å². The summed E-state index contributed by atoms with van der Waals surface area (Å²) in [4.78, 5) is 13.3. The molecule has 2 N–H and O–H groups in total. The van der Waals surface area contributed by atoms with Crippen LogP contribution < -0.4 is 5.73 Å². The van der Waals surface area contributed by atoms with E-state index in [1.54, 1.807) is 11.0 Å². The second-order valence-corrected chi connectivity index (χ2v) is 3.36. The topological polar surface area (TPSA) is 46.1 Å². The van der Waals surface area contributed by atoms with Crippen LogP contribution in [0, 0.1) is 6.92 Å². The zero-order valence-electron chi connectivity index (χ0n) is 7.58. The minimum absolute atomic E-state index is 0.0895. The fraction of sp³-hybridized carbons (Fsp3) is 0.300. The van der Waals surface area contributed by atoms with Gasteiger partial charge in [-0.1, -0.05) is 6.07 Å². The van der Waals surface area contributed by atoms with E-state index < -0.39 is 0 Å². The second kappa shape index (κ2) is 2.76. The van der Waals surface area contributed by atoms with Crippen LogP contribution in [0.15, 0.2) is 18.2 Å². The van der Waals surface area contributed by atoms with Crippen LogP contribution in [0.25, 0.3) is 0 Å². The predicted octanol–water partition coefficient (Wildman–Crippen LogP) is 1.03. The maximum Gasteiger partial charge on any atom is 0.254 e. The maximum absolute atomic E-state index is 11.5. The van der Waals surface area contributed by atoms with E-state index in [1.165, 1.54) is 0 Å². The fourth-order valence-electron chi connectivity index (χ4n) is 1.21. The first-order valence-corrected chi connectivity index (χ1v) is 4.34. The highest BCUT2D eigenvalue weighted by Gasteiger charge is 2.25. The predicted molar refractivity (Wildman–Crippen MR) is 51.5 cm³/mol. The first-order valence-electron chi connectivity index (χ1n) is 4.34. The van der Waals surface area contributed by atoms with Gasteiger partial charge in [-0.05, 0) is 24.6 Å². The number of carbonyl (C=O) groups is 1. The van der Waals surface area contributed by atoms with Gasteiger partial charge < -0.3 is 10.6 Å². The van der Waals surface area contributed by atoms with Crippen molar-refractivity contribution in [3.8, 4) is 0 Å². The number of amides is 1. The number of aryl methyl sites for hydroxylation is 1. The summed E-state index contributed by atoms with van der Waals surface area (Å²) in [6, 6.07) is 5.45. The lowest BCUT2D eigenvalue weighted by Gasteiger charge is -2.04. The summed E-state index contributed by atoms with van der Waals surface area (Å²) in [5.41, 5.74) is 8.11. The monoisotopic (exact) mass is 176 g/mol. The van der Waals surface area contributed by atoms with Gasteiger partial charge in [0.05, 0.1) is 0 Å². The number of hydrogen-bond donors (Lipinski definition) is 1. The van der Waals surface area contributed by atoms with E-state index in [4.69, 9.17) is 5.73 Å². The Bertz CT molecular complexity index is 356. The Kier molecular flexibility index (Phi) is 1.72. The summed E-state index contributed by atoms with van der Waals surface area (Å²) in [6.07, 6.45) is 0. The Hall–Kier alpha value is -1.51. The average molecular weight is 176 g/mol. The van der Waals surface area contributed by atoms with Crippen molar-refractivity contribution < 1.29 is 4.79 Å². The van der Waals surface area contributed by atoms with Crippen LogP contribution in [0.2, 0.25) is 0 Å². The van der Waals surface area contributed by atoms with Crippen molar-refractivity contribution in [2.45, 2.75) is 6.92 Å². The molecule has 0 spiro atoms. The molecule has 1 amide bonds. The summed E-state index contributed by atoms with van der Waals surface area (Å²) >= 11 is 0. The minimum Gasteiger partial charge on any atom is -0.398 e. The van der Waals surface area contributed by atoms with Gasteiger partial charge in [-0.2, -0.15) is 0 Å². The van der Waals surface area contributed by atoms with Crippen LogP contribution >= 0.6 is 0 Å². The summed E-state index contributed by atoms with van der Waals surface area (Å²) in [5.74, 6) is 0.0895. The Morgan fingerprint density at radius 1 is 1.46 bits per heavy atom. The molecule has 3 nitrogen and oxygen atoms in total. The van der Waals surface area contributed by atoms with Crippen LogP contribution in [0.3, 0.4) is 0 Å². The first-order chi connectivity index (χ1) is 6.18. The Morgan fingerprint density at radius 2 is 2.15 bits per heavy atom. The molecule has 0 saturated carbocycles. The van der Waals surface area contributed by atoms with Crippen LogP contribution in [0.1, 0.15) is 15.9 Å². The van der Waals surface area contributed by atoms with Crippen molar-refractivity contribution in [3.63, 3.8) is 0 Å². The van der Waals surface area contributed by atoms with Gasteiger partial charge in [0.25, 0.3) is 5.91 Å². The molecule has 2 rings (SSSR count). The Labute approximate surface area is 77.1 Å². The molecule has 0 aliphatic carbocycles. The lowest BCUT2D eigenvalue weighted by atomic mass is 10.1. The number of nitrogens with two attached hydrogens (primary N) is 1. The second-order valence-electron chi connectivity index (χ2n) is 3.36. The smallest absolute Gasteiger partial charge is 0.254 e.